The predicted molar refractivity (Wildman–Crippen MR) is 68.0 cm³/mol. The van der Waals surface area contributed by atoms with Gasteiger partial charge in [0.1, 0.15) is 0 Å². The van der Waals surface area contributed by atoms with Crippen molar-refractivity contribution in [2.75, 3.05) is 18.6 Å². The zero-order chi connectivity index (χ0) is 12.8. The van der Waals surface area contributed by atoms with E-state index in [1.807, 2.05) is 6.26 Å². The van der Waals surface area contributed by atoms with Crippen LogP contribution in [-0.4, -0.2) is 52.5 Å². The normalized spacial score (nSPS) is 16.6. The van der Waals surface area contributed by atoms with Gasteiger partial charge in [-0.1, -0.05) is 0 Å². The first-order valence-corrected chi connectivity index (χ1v) is 7.22. The minimum atomic E-state index is -0.874. The Bertz CT molecular complexity index is 282. The van der Waals surface area contributed by atoms with Crippen LogP contribution in [0, 0.1) is 0 Å². The molecule has 1 fully saturated rings. The summed E-state index contributed by atoms with van der Waals surface area (Å²) in [6.45, 7) is 0.284. The number of nitrogens with zero attached hydrogens (tertiary/aromatic N) is 1. The van der Waals surface area contributed by atoms with Crippen LogP contribution in [-0.2, 0) is 9.59 Å². The third-order valence-corrected chi connectivity index (χ3v) is 3.43. The van der Waals surface area contributed by atoms with E-state index >= 15 is 0 Å². The maximum Gasteiger partial charge on any atom is 0.305 e. The Kier molecular flexibility index (Phi) is 5.77. The lowest BCUT2D eigenvalue weighted by atomic mass is 10.2. The van der Waals surface area contributed by atoms with Crippen LogP contribution in [0.1, 0.15) is 25.7 Å². The first-order valence-electron chi connectivity index (χ1n) is 5.83. The van der Waals surface area contributed by atoms with Crippen LogP contribution < -0.4 is 5.73 Å². The van der Waals surface area contributed by atoms with Crippen LogP contribution in [0.4, 0.5) is 0 Å². The Balaban J connectivity index is 2.45. The molecule has 0 spiro atoms. The van der Waals surface area contributed by atoms with Gasteiger partial charge in [-0.15, -0.1) is 0 Å². The number of nitrogens with two attached hydrogens (primary N) is 1. The zero-order valence-corrected chi connectivity index (χ0v) is 10.9. The van der Waals surface area contributed by atoms with Crippen LogP contribution in [0.15, 0.2) is 0 Å². The van der Waals surface area contributed by atoms with E-state index in [2.05, 4.69) is 0 Å². The number of carbonyl (C=O) groups excluding carboxylic acids is 1. The van der Waals surface area contributed by atoms with Crippen molar-refractivity contribution < 1.29 is 14.7 Å². The molecule has 0 saturated heterocycles. The van der Waals surface area contributed by atoms with Crippen LogP contribution in [0.2, 0.25) is 0 Å². The Hall–Kier alpha value is -0.750. The largest absolute Gasteiger partial charge is 0.481 e. The van der Waals surface area contributed by atoms with Crippen molar-refractivity contribution in [3.05, 3.63) is 0 Å². The number of aliphatic carboxylic acids is 1. The van der Waals surface area contributed by atoms with Crippen LogP contribution in [0.25, 0.3) is 0 Å². The lowest BCUT2D eigenvalue weighted by molar-refractivity contribution is -0.139. The second-order valence-corrected chi connectivity index (χ2v) is 5.28. The van der Waals surface area contributed by atoms with Gasteiger partial charge < -0.3 is 15.7 Å². The number of rotatable bonds is 8. The summed E-state index contributed by atoms with van der Waals surface area (Å²) in [5.41, 5.74) is 5.82. The predicted octanol–water partition coefficient (Wildman–Crippen LogP) is 0.532. The van der Waals surface area contributed by atoms with Crippen molar-refractivity contribution in [2.45, 2.75) is 37.8 Å². The van der Waals surface area contributed by atoms with E-state index in [0.717, 1.165) is 18.6 Å². The average Bonchev–Trinajstić information content (AvgIpc) is 3.09. The van der Waals surface area contributed by atoms with Gasteiger partial charge >= 0.3 is 5.97 Å². The summed E-state index contributed by atoms with van der Waals surface area (Å²) in [6.07, 6.45) is 4.56. The Labute approximate surface area is 106 Å². The van der Waals surface area contributed by atoms with Crippen molar-refractivity contribution in [2.24, 2.45) is 5.73 Å². The maximum atomic E-state index is 12.0. The highest BCUT2D eigenvalue weighted by molar-refractivity contribution is 7.98. The summed E-state index contributed by atoms with van der Waals surface area (Å²) in [5, 5.41) is 8.65. The van der Waals surface area contributed by atoms with Gasteiger partial charge in [-0.3, -0.25) is 9.59 Å². The molecule has 1 aliphatic carbocycles. The molecule has 0 aliphatic heterocycles. The molecule has 3 N–H and O–H groups in total. The van der Waals surface area contributed by atoms with Crippen molar-refractivity contribution in [3.63, 3.8) is 0 Å². The third-order valence-electron chi connectivity index (χ3n) is 2.79. The summed E-state index contributed by atoms with van der Waals surface area (Å²) >= 11 is 1.66. The summed E-state index contributed by atoms with van der Waals surface area (Å²) < 4.78 is 0. The molecule has 0 aromatic heterocycles. The first-order chi connectivity index (χ1) is 8.06. The SMILES string of the molecule is CSCC[C@@H](N)C(=O)N(CCC(=O)O)C1CC1. The van der Waals surface area contributed by atoms with Gasteiger partial charge in [0.25, 0.3) is 0 Å². The molecular formula is C11H20N2O3S. The number of carbonyl (C=O) groups is 2. The van der Waals surface area contributed by atoms with Crippen LogP contribution in [0.5, 0.6) is 0 Å². The Morgan fingerprint density at radius 2 is 2.18 bits per heavy atom. The minimum Gasteiger partial charge on any atom is -0.481 e. The van der Waals surface area contributed by atoms with Crippen molar-refractivity contribution in [1.29, 1.82) is 0 Å². The molecular weight excluding hydrogens is 240 g/mol. The molecule has 5 nitrogen and oxygen atoms in total. The van der Waals surface area contributed by atoms with E-state index in [1.165, 1.54) is 0 Å². The smallest absolute Gasteiger partial charge is 0.305 e. The molecule has 98 valence electrons. The first kappa shape index (κ1) is 14.3. The van der Waals surface area contributed by atoms with Gasteiger partial charge in [-0.25, -0.2) is 0 Å². The summed E-state index contributed by atoms with van der Waals surface area (Å²) in [6, 6.07) is -0.265. The molecule has 0 aromatic carbocycles. The van der Waals surface area contributed by atoms with E-state index in [1.54, 1.807) is 16.7 Å². The number of hydrogen-bond donors (Lipinski definition) is 2. The lowest BCUT2D eigenvalue weighted by Gasteiger charge is -2.25. The fourth-order valence-electron chi connectivity index (χ4n) is 1.66. The van der Waals surface area contributed by atoms with Crippen molar-refractivity contribution in [3.8, 4) is 0 Å². The fourth-order valence-corrected chi connectivity index (χ4v) is 2.15. The molecule has 1 saturated carbocycles. The molecule has 1 aliphatic rings. The molecule has 6 heteroatoms. The number of carboxylic acids is 1. The van der Waals surface area contributed by atoms with Crippen molar-refractivity contribution >= 4 is 23.6 Å². The number of amides is 1. The molecule has 0 radical (unpaired) electrons. The van der Waals surface area contributed by atoms with E-state index in [9.17, 15) is 9.59 Å². The monoisotopic (exact) mass is 260 g/mol. The van der Waals surface area contributed by atoms with Gasteiger partial charge in [0.05, 0.1) is 12.5 Å². The van der Waals surface area contributed by atoms with Crippen molar-refractivity contribution in [1.82, 2.24) is 4.90 Å². The fraction of sp³-hybridized carbons (Fsp3) is 0.818. The number of carboxylic acid groups (broad SMARTS) is 1. The lowest BCUT2D eigenvalue weighted by Crippen LogP contribution is -2.46. The van der Waals surface area contributed by atoms with E-state index in [-0.39, 0.29) is 24.9 Å². The van der Waals surface area contributed by atoms with Crippen LogP contribution >= 0.6 is 11.8 Å². The minimum absolute atomic E-state index is 0.00249. The third kappa shape index (κ3) is 4.95. The molecule has 17 heavy (non-hydrogen) atoms. The summed E-state index contributed by atoms with van der Waals surface area (Å²) in [5.74, 6) is -0.117. The van der Waals surface area contributed by atoms with Gasteiger partial charge in [-0.05, 0) is 31.3 Å². The molecule has 1 atom stereocenters. The quantitative estimate of drug-likeness (QED) is 0.665. The van der Waals surface area contributed by atoms with Crippen LogP contribution in [0.3, 0.4) is 0 Å². The Morgan fingerprint density at radius 3 is 2.65 bits per heavy atom. The number of hydrogen-bond acceptors (Lipinski definition) is 4. The van der Waals surface area contributed by atoms with Gasteiger partial charge in [0, 0.05) is 12.6 Å². The highest BCUT2D eigenvalue weighted by Crippen LogP contribution is 2.27. The average molecular weight is 260 g/mol. The Morgan fingerprint density at radius 1 is 1.53 bits per heavy atom. The molecule has 0 heterocycles. The molecule has 0 bridgehead atoms. The second-order valence-electron chi connectivity index (χ2n) is 4.29. The summed E-state index contributed by atoms with van der Waals surface area (Å²) in [4.78, 5) is 24.2. The standard InChI is InChI=1S/C11H20N2O3S/c1-17-7-5-9(12)11(16)13(8-2-3-8)6-4-10(14)15/h8-9H,2-7,12H2,1H3,(H,14,15)/t9-/m1/s1. The van der Waals surface area contributed by atoms with E-state index in [4.69, 9.17) is 10.8 Å². The summed E-state index contributed by atoms with van der Waals surface area (Å²) in [7, 11) is 0. The van der Waals surface area contributed by atoms with E-state index < -0.39 is 12.0 Å². The maximum absolute atomic E-state index is 12.0. The molecule has 1 rings (SSSR count). The van der Waals surface area contributed by atoms with Gasteiger partial charge in [-0.2, -0.15) is 11.8 Å². The highest BCUT2D eigenvalue weighted by atomic mass is 32.2. The number of thioether (sulfide) groups is 1. The molecule has 1 amide bonds. The van der Waals surface area contributed by atoms with Gasteiger partial charge in [0.2, 0.25) is 5.91 Å². The molecule has 0 aromatic rings. The second kappa shape index (κ2) is 6.86. The highest BCUT2D eigenvalue weighted by Gasteiger charge is 2.34. The van der Waals surface area contributed by atoms with Gasteiger partial charge in [0.15, 0.2) is 0 Å². The van der Waals surface area contributed by atoms with E-state index in [0.29, 0.717) is 6.42 Å². The molecule has 0 unspecified atom stereocenters. The zero-order valence-electron chi connectivity index (χ0n) is 10.1. The topological polar surface area (TPSA) is 83.6 Å².